The SMILES string of the molecule is CO/C=C(/C(=O)OC)c1cccc(C)c1CO/N=C(\C)c1ccc(F)c(F)c1OC(F)(F)F. The molecule has 0 bridgehead atoms. The number of nitrogens with zero attached hydrogens (tertiary/aromatic N) is 1. The van der Waals surface area contributed by atoms with Crippen LogP contribution in [0, 0.1) is 18.6 Å². The molecular formula is C22H20F5NO5. The van der Waals surface area contributed by atoms with Crippen molar-refractivity contribution in [3.05, 3.63) is 70.5 Å². The summed E-state index contributed by atoms with van der Waals surface area (Å²) in [5, 5.41) is 3.72. The highest BCUT2D eigenvalue weighted by Gasteiger charge is 2.35. The summed E-state index contributed by atoms with van der Waals surface area (Å²) in [6, 6.07) is 6.58. The molecule has 0 radical (unpaired) electrons. The van der Waals surface area contributed by atoms with Gasteiger partial charge in [-0.15, -0.1) is 13.2 Å². The Kier molecular flexibility index (Phi) is 8.38. The van der Waals surface area contributed by atoms with Crippen LogP contribution in [-0.4, -0.2) is 32.3 Å². The van der Waals surface area contributed by atoms with Crippen LogP contribution in [-0.2, 0) is 25.7 Å². The quantitative estimate of drug-likeness (QED) is 0.131. The van der Waals surface area contributed by atoms with Crippen molar-refractivity contribution in [2.45, 2.75) is 26.8 Å². The molecule has 0 unspecified atom stereocenters. The maximum atomic E-state index is 14.0. The highest BCUT2D eigenvalue weighted by molar-refractivity contribution is 6.16. The molecule has 0 saturated heterocycles. The highest BCUT2D eigenvalue weighted by atomic mass is 19.4. The minimum atomic E-state index is -5.25. The molecule has 0 atom stereocenters. The molecule has 0 fully saturated rings. The molecular weight excluding hydrogens is 453 g/mol. The van der Waals surface area contributed by atoms with Crippen molar-refractivity contribution < 1.29 is 45.8 Å². The number of benzene rings is 2. The van der Waals surface area contributed by atoms with E-state index in [9.17, 15) is 26.7 Å². The average molecular weight is 473 g/mol. The van der Waals surface area contributed by atoms with Gasteiger partial charge in [-0.2, -0.15) is 4.39 Å². The van der Waals surface area contributed by atoms with Crippen molar-refractivity contribution >= 4 is 17.3 Å². The van der Waals surface area contributed by atoms with E-state index in [0.717, 1.165) is 6.07 Å². The number of halogens is 5. The Balaban J connectivity index is 2.38. The van der Waals surface area contributed by atoms with Crippen molar-refractivity contribution in [2.75, 3.05) is 14.2 Å². The maximum Gasteiger partial charge on any atom is 0.573 e. The lowest BCUT2D eigenvalue weighted by Gasteiger charge is -2.15. The van der Waals surface area contributed by atoms with E-state index in [2.05, 4.69) is 9.89 Å². The fourth-order valence-corrected chi connectivity index (χ4v) is 2.87. The largest absolute Gasteiger partial charge is 0.573 e. The molecule has 0 heterocycles. The van der Waals surface area contributed by atoms with Crippen LogP contribution in [0.3, 0.4) is 0 Å². The molecule has 0 aliphatic rings. The van der Waals surface area contributed by atoms with E-state index in [0.29, 0.717) is 22.8 Å². The molecule has 0 aromatic heterocycles. The molecule has 0 aliphatic carbocycles. The van der Waals surface area contributed by atoms with Gasteiger partial charge in [0.2, 0.25) is 5.82 Å². The lowest BCUT2D eigenvalue weighted by Crippen LogP contribution is -2.20. The summed E-state index contributed by atoms with van der Waals surface area (Å²) in [6.07, 6.45) is -4.06. The minimum absolute atomic E-state index is 0.101. The van der Waals surface area contributed by atoms with Crippen molar-refractivity contribution in [1.82, 2.24) is 0 Å². The molecule has 0 spiro atoms. The second kappa shape index (κ2) is 10.8. The molecule has 33 heavy (non-hydrogen) atoms. The Hall–Kier alpha value is -3.63. The molecule has 6 nitrogen and oxygen atoms in total. The number of esters is 1. The van der Waals surface area contributed by atoms with Crippen LogP contribution < -0.4 is 4.74 Å². The molecule has 2 rings (SSSR count). The first-order chi connectivity index (χ1) is 15.5. The number of rotatable bonds is 8. The third-order valence-corrected chi connectivity index (χ3v) is 4.41. The first kappa shape index (κ1) is 25.6. The van der Waals surface area contributed by atoms with Gasteiger partial charge < -0.3 is 19.0 Å². The molecule has 2 aromatic carbocycles. The van der Waals surface area contributed by atoms with E-state index in [1.54, 1.807) is 25.1 Å². The fraction of sp³-hybridized carbons (Fsp3) is 0.273. The zero-order valence-electron chi connectivity index (χ0n) is 18.0. The molecule has 0 N–H and O–H groups in total. The zero-order chi connectivity index (χ0) is 24.8. The second-order valence-corrected chi connectivity index (χ2v) is 6.60. The molecule has 178 valence electrons. The van der Waals surface area contributed by atoms with Crippen LogP contribution in [0.1, 0.15) is 29.2 Å². The summed E-state index contributed by atoms with van der Waals surface area (Å²) >= 11 is 0. The Labute approximate surface area is 186 Å². The number of hydrogen-bond acceptors (Lipinski definition) is 6. The summed E-state index contributed by atoms with van der Waals surface area (Å²) in [5.41, 5.74) is 1.09. The summed E-state index contributed by atoms with van der Waals surface area (Å²) in [6.45, 7) is 2.76. The van der Waals surface area contributed by atoms with E-state index in [4.69, 9.17) is 14.3 Å². The topological polar surface area (TPSA) is 66.4 Å². The van der Waals surface area contributed by atoms with Gasteiger partial charge in [0.05, 0.1) is 26.2 Å². The molecule has 11 heteroatoms. The van der Waals surface area contributed by atoms with Crippen LogP contribution in [0.15, 0.2) is 41.7 Å². The standard InChI is InChI=1S/C22H20F5NO5/c1-12-6-5-7-15(17(10-30-3)21(29)31-4)16(12)11-32-28-13(2)14-8-9-18(23)19(24)20(14)33-22(25,26)27/h5-10H,11H2,1-4H3/b17-10+,28-13+. The third kappa shape index (κ3) is 6.43. The number of methoxy groups -OCH3 is 2. The van der Waals surface area contributed by atoms with E-state index < -0.39 is 35.3 Å². The van der Waals surface area contributed by atoms with Gasteiger partial charge in [-0.1, -0.05) is 23.4 Å². The van der Waals surface area contributed by atoms with E-state index >= 15 is 0 Å². The van der Waals surface area contributed by atoms with Crippen LogP contribution >= 0.6 is 0 Å². The predicted molar refractivity (Wildman–Crippen MR) is 108 cm³/mol. The van der Waals surface area contributed by atoms with Gasteiger partial charge in [-0.25, -0.2) is 9.18 Å². The molecule has 0 aliphatic heterocycles. The van der Waals surface area contributed by atoms with E-state index in [-0.39, 0.29) is 17.9 Å². The third-order valence-electron chi connectivity index (χ3n) is 4.41. The van der Waals surface area contributed by atoms with Gasteiger partial charge in [0.15, 0.2) is 11.6 Å². The van der Waals surface area contributed by atoms with Gasteiger partial charge in [0.25, 0.3) is 0 Å². The summed E-state index contributed by atoms with van der Waals surface area (Å²) in [4.78, 5) is 17.4. The maximum absolute atomic E-state index is 14.0. The Morgan fingerprint density at radius 2 is 1.79 bits per heavy atom. The zero-order valence-corrected chi connectivity index (χ0v) is 18.0. The van der Waals surface area contributed by atoms with Crippen LogP contribution in [0.4, 0.5) is 22.0 Å². The Bertz CT molecular complexity index is 1080. The van der Waals surface area contributed by atoms with Crippen LogP contribution in [0.5, 0.6) is 5.75 Å². The van der Waals surface area contributed by atoms with Gasteiger partial charge >= 0.3 is 12.3 Å². The number of alkyl halides is 3. The molecule has 0 amide bonds. The van der Waals surface area contributed by atoms with Gasteiger partial charge in [-0.05, 0) is 37.1 Å². The van der Waals surface area contributed by atoms with Crippen molar-refractivity contribution in [3.8, 4) is 5.75 Å². The number of carbonyl (C=O) groups excluding carboxylic acids is 1. The van der Waals surface area contributed by atoms with Gasteiger partial charge in [0.1, 0.15) is 12.2 Å². The smallest absolute Gasteiger partial charge is 0.503 e. The normalized spacial score (nSPS) is 12.4. The number of hydrogen-bond donors (Lipinski definition) is 0. The lowest BCUT2D eigenvalue weighted by molar-refractivity contribution is -0.275. The van der Waals surface area contributed by atoms with Gasteiger partial charge in [-0.3, -0.25) is 0 Å². The number of oxime groups is 1. The molecule has 0 saturated carbocycles. The monoisotopic (exact) mass is 473 g/mol. The summed E-state index contributed by atoms with van der Waals surface area (Å²) in [5.74, 6) is -5.36. The summed E-state index contributed by atoms with van der Waals surface area (Å²) in [7, 11) is 2.55. The first-order valence-corrected chi connectivity index (χ1v) is 9.31. The fourth-order valence-electron chi connectivity index (χ4n) is 2.87. The van der Waals surface area contributed by atoms with Gasteiger partial charge in [0, 0.05) is 11.1 Å². The Morgan fingerprint density at radius 1 is 1.09 bits per heavy atom. The molecule has 2 aromatic rings. The van der Waals surface area contributed by atoms with Crippen LogP contribution in [0.25, 0.3) is 5.57 Å². The van der Waals surface area contributed by atoms with Crippen molar-refractivity contribution in [1.29, 1.82) is 0 Å². The minimum Gasteiger partial charge on any atom is -0.503 e. The average Bonchev–Trinajstić information content (AvgIpc) is 2.75. The predicted octanol–water partition coefficient (Wildman–Crippen LogP) is 5.27. The Morgan fingerprint density at radius 3 is 2.39 bits per heavy atom. The van der Waals surface area contributed by atoms with E-state index in [1.165, 1.54) is 27.4 Å². The first-order valence-electron chi connectivity index (χ1n) is 9.31. The summed E-state index contributed by atoms with van der Waals surface area (Å²) < 4.78 is 78.7. The van der Waals surface area contributed by atoms with Crippen molar-refractivity contribution in [3.63, 3.8) is 0 Å². The second-order valence-electron chi connectivity index (χ2n) is 6.60. The van der Waals surface area contributed by atoms with E-state index in [1.807, 2.05) is 0 Å². The lowest BCUT2D eigenvalue weighted by atomic mass is 9.97. The number of carbonyl (C=O) groups is 1. The highest BCUT2D eigenvalue weighted by Crippen LogP contribution is 2.31. The number of aryl methyl sites for hydroxylation is 1. The van der Waals surface area contributed by atoms with Crippen molar-refractivity contribution in [2.24, 2.45) is 5.16 Å². The van der Waals surface area contributed by atoms with Crippen LogP contribution in [0.2, 0.25) is 0 Å². The number of ether oxygens (including phenoxy) is 3.